The van der Waals surface area contributed by atoms with Crippen LogP contribution in [0.4, 0.5) is 0 Å². The van der Waals surface area contributed by atoms with Crippen LogP contribution < -0.4 is 0 Å². The van der Waals surface area contributed by atoms with Crippen LogP contribution in [0.25, 0.3) is 11.0 Å². The molecule has 0 bridgehead atoms. The molecule has 1 fully saturated rings. The summed E-state index contributed by atoms with van der Waals surface area (Å²) in [5.41, 5.74) is 2.45. The molecule has 6 nitrogen and oxygen atoms in total. The lowest BCUT2D eigenvalue weighted by Gasteiger charge is -2.32. The number of amides is 1. The molecule has 2 heterocycles. The summed E-state index contributed by atoms with van der Waals surface area (Å²) in [6.45, 7) is 1.30. The normalized spacial score (nSPS) is 18.0. The molecule has 1 unspecified atom stereocenters. The van der Waals surface area contributed by atoms with Crippen LogP contribution in [0.3, 0.4) is 0 Å². The van der Waals surface area contributed by atoms with Crippen molar-refractivity contribution >= 4 is 26.8 Å². The molecule has 0 radical (unpaired) electrons. The van der Waals surface area contributed by atoms with Gasteiger partial charge in [-0.2, -0.15) is 0 Å². The summed E-state index contributed by atoms with van der Waals surface area (Å²) >= 11 is 0. The van der Waals surface area contributed by atoms with Crippen LogP contribution in [-0.2, 0) is 9.84 Å². The second-order valence-electron chi connectivity index (χ2n) is 7.03. The van der Waals surface area contributed by atoms with E-state index in [9.17, 15) is 13.2 Å². The molecule has 1 saturated heterocycles. The predicted octanol–water partition coefficient (Wildman–Crippen LogP) is 2.99. The highest BCUT2D eigenvalue weighted by atomic mass is 32.2. The first kappa shape index (κ1) is 17.7. The van der Waals surface area contributed by atoms with Crippen molar-refractivity contribution in [2.75, 3.05) is 19.3 Å². The third kappa shape index (κ3) is 3.60. The molecule has 1 aromatic heterocycles. The summed E-state index contributed by atoms with van der Waals surface area (Å²) in [4.78, 5) is 23.0. The molecule has 7 heteroatoms. The van der Waals surface area contributed by atoms with E-state index in [1.165, 1.54) is 12.1 Å². The SMILES string of the molecule is CS(=O)(=O)c1ccc(C(=O)N2CCCC(c3nc4ccccc4[nH]3)C2)cc1. The highest BCUT2D eigenvalue weighted by Gasteiger charge is 2.27. The van der Waals surface area contributed by atoms with Crippen molar-refractivity contribution in [2.45, 2.75) is 23.7 Å². The Kier molecular flexibility index (Phi) is 4.47. The first-order chi connectivity index (χ1) is 12.9. The quantitative estimate of drug-likeness (QED) is 0.754. The predicted molar refractivity (Wildman–Crippen MR) is 104 cm³/mol. The number of imidazole rings is 1. The molecule has 1 aliphatic heterocycles. The number of carbonyl (C=O) groups excluding carboxylic acids is 1. The maximum absolute atomic E-state index is 12.9. The third-order valence-corrected chi connectivity index (χ3v) is 6.16. The second-order valence-corrected chi connectivity index (χ2v) is 9.04. The maximum Gasteiger partial charge on any atom is 0.253 e. The monoisotopic (exact) mass is 383 g/mol. The van der Waals surface area contributed by atoms with Gasteiger partial charge in [0.25, 0.3) is 5.91 Å². The number of carbonyl (C=O) groups is 1. The lowest BCUT2D eigenvalue weighted by molar-refractivity contribution is 0.0705. The van der Waals surface area contributed by atoms with Gasteiger partial charge in [0.15, 0.2) is 9.84 Å². The molecule has 0 spiro atoms. The molecular formula is C20H21N3O3S. The molecule has 140 valence electrons. The zero-order valence-corrected chi connectivity index (χ0v) is 15.9. The van der Waals surface area contributed by atoms with Gasteiger partial charge < -0.3 is 9.88 Å². The van der Waals surface area contributed by atoms with Crippen molar-refractivity contribution in [3.05, 3.63) is 59.9 Å². The molecule has 1 N–H and O–H groups in total. The summed E-state index contributed by atoms with van der Waals surface area (Å²) in [5.74, 6) is 1.02. The largest absolute Gasteiger partial charge is 0.342 e. The van der Waals surface area contributed by atoms with Crippen LogP contribution in [0, 0.1) is 0 Å². The number of hydrogen-bond acceptors (Lipinski definition) is 4. The minimum absolute atomic E-state index is 0.0733. The van der Waals surface area contributed by atoms with E-state index < -0.39 is 9.84 Å². The van der Waals surface area contributed by atoms with Gasteiger partial charge in [0, 0.05) is 30.8 Å². The lowest BCUT2D eigenvalue weighted by Crippen LogP contribution is -2.39. The number of nitrogens with one attached hydrogen (secondary N) is 1. The Morgan fingerprint density at radius 1 is 1.15 bits per heavy atom. The number of hydrogen-bond donors (Lipinski definition) is 1. The number of nitrogens with zero attached hydrogens (tertiary/aromatic N) is 2. The van der Waals surface area contributed by atoms with Gasteiger partial charge in [-0.1, -0.05) is 12.1 Å². The zero-order valence-electron chi connectivity index (χ0n) is 15.1. The van der Waals surface area contributed by atoms with E-state index in [1.807, 2.05) is 29.2 Å². The summed E-state index contributed by atoms with van der Waals surface area (Å²) < 4.78 is 23.2. The highest BCUT2D eigenvalue weighted by Crippen LogP contribution is 2.27. The number of para-hydroxylation sites is 2. The van der Waals surface area contributed by atoms with E-state index in [1.54, 1.807) is 12.1 Å². The van der Waals surface area contributed by atoms with E-state index >= 15 is 0 Å². The second kappa shape index (κ2) is 6.81. The van der Waals surface area contributed by atoms with Gasteiger partial charge in [-0.15, -0.1) is 0 Å². The number of likely N-dealkylation sites (tertiary alicyclic amines) is 1. The number of aromatic amines is 1. The Morgan fingerprint density at radius 2 is 1.89 bits per heavy atom. The van der Waals surface area contributed by atoms with Crippen molar-refractivity contribution in [3.63, 3.8) is 0 Å². The van der Waals surface area contributed by atoms with E-state index in [2.05, 4.69) is 9.97 Å². The van der Waals surface area contributed by atoms with Crippen LogP contribution in [0.5, 0.6) is 0 Å². The van der Waals surface area contributed by atoms with Crippen molar-refractivity contribution in [3.8, 4) is 0 Å². The van der Waals surface area contributed by atoms with Gasteiger partial charge in [0.05, 0.1) is 15.9 Å². The minimum atomic E-state index is -3.27. The Bertz CT molecular complexity index is 1050. The van der Waals surface area contributed by atoms with Crippen molar-refractivity contribution in [1.82, 2.24) is 14.9 Å². The van der Waals surface area contributed by atoms with Crippen molar-refractivity contribution < 1.29 is 13.2 Å². The number of benzene rings is 2. The topological polar surface area (TPSA) is 83.1 Å². The van der Waals surface area contributed by atoms with E-state index in [0.29, 0.717) is 18.7 Å². The number of fused-ring (bicyclic) bond motifs is 1. The number of sulfone groups is 1. The molecule has 1 atom stereocenters. The summed E-state index contributed by atoms with van der Waals surface area (Å²) in [7, 11) is -3.27. The average molecular weight is 383 g/mol. The van der Waals surface area contributed by atoms with Crippen LogP contribution in [0.15, 0.2) is 53.4 Å². The molecule has 27 heavy (non-hydrogen) atoms. The van der Waals surface area contributed by atoms with Gasteiger partial charge in [0.2, 0.25) is 0 Å². The fraction of sp³-hybridized carbons (Fsp3) is 0.300. The molecule has 1 aliphatic rings. The lowest BCUT2D eigenvalue weighted by atomic mass is 9.96. The van der Waals surface area contributed by atoms with E-state index in [-0.39, 0.29) is 16.7 Å². The van der Waals surface area contributed by atoms with Crippen LogP contribution in [0.2, 0.25) is 0 Å². The number of piperidine rings is 1. The molecule has 3 aromatic rings. The number of rotatable bonds is 3. The van der Waals surface area contributed by atoms with Gasteiger partial charge in [0.1, 0.15) is 5.82 Å². The third-order valence-electron chi connectivity index (χ3n) is 5.03. The molecule has 0 aliphatic carbocycles. The number of aromatic nitrogens is 2. The first-order valence-corrected chi connectivity index (χ1v) is 10.8. The first-order valence-electron chi connectivity index (χ1n) is 8.96. The Labute approximate surface area is 158 Å². The van der Waals surface area contributed by atoms with Crippen LogP contribution in [-0.4, -0.2) is 48.5 Å². The zero-order chi connectivity index (χ0) is 19.0. The van der Waals surface area contributed by atoms with Crippen LogP contribution >= 0.6 is 0 Å². The van der Waals surface area contributed by atoms with Gasteiger partial charge in [-0.05, 0) is 49.2 Å². The summed E-state index contributed by atoms with van der Waals surface area (Å²) in [5, 5.41) is 0. The molecule has 2 aromatic carbocycles. The molecule has 0 saturated carbocycles. The molecular weight excluding hydrogens is 362 g/mol. The fourth-order valence-corrected chi connectivity index (χ4v) is 4.21. The Hall–Kier alpha value is -2.67. The Morgan fingerprint density at radius 3 is 2.59 bits per heavy atom. The summed E-state index contributed by atoms with van der Waals surface area (Å²) in [6, 6.07) is 14.1. The maximum atomic E-state index is 12.9. The smallest absolute Gasteiger partial charge is 0.253 e. The van der Waals surface area contributed by atoms with Crippen molar-refractivity contribution in [2.24, 2.45) is 0 Å². The van der Waals surface area contributed by atoms with Gasteiger partial charge >= 0.3 is 0 Å². The fourth-order valence-electron chi connectivity index (χ4n) is 3.58. The van der Waals surface area contributed by atoms with Crippen molar-refractivity contribution in [1.29, 1.82) is 0 Å². The molecule has 4 rings (SSSR count). The summed E-state index contributed by atoms with van der Waals surface area (Å²) in [6.07, 6.45) is 3.05. The van der Waals surface area contributed by atoms with E-state index in [0.717, 1.165) is 36.0 Å². The highest BCUT2D eigenvalue weighted by molar-refractivity contribution is 7.90. The minimum Gasteiger partial charge on any atom is -0.342 e. The van der Waals surface area contributed by atoms with Gasteiger partial charge in [-0.25, -0.2) is 13.4 Å². The Balaban J connectivity index is 1.53. The standard InChI is InChI=1S/C20H21N3O3S/c1-27(25,26)16-10-8-14(9-11-16)20(24)23-12-4-5-15(13-23)19-21-17-6-2-3-7-18(17)22-19/h2-3,6-11,15H,4-5,12-13H2,1H3,(H,21,22). The van der Waals surface area contributed by atoms with Crippen LogP contribution in [0.1, 0.15) is 34.9 Å². The van der Waals surface area contributed by atoms with Gasteiger partial charge in [-0.3, -0.25) is 4.79 Å². The van der Waals surface area contributed by atoms with E-state index in [4.69, 9.17) is 0 Å². The molecule has 1 amide bonds. The average Bonchev–Trinajstić information content (AvgIpc) is 3.11. The number of H-pyrrole nitrogens is 1.